The molecule has 0 aliphatic carbocycles. The SMILES string of the molecule is CSCCn1cnc2c(N)ncnc21. The number of anilines is 1. The van der Waals surface area contributed by atoms with Gasteiger partial charge in [0, 0.05) is 12.3 Å². The first-order valence-electron chi connectivity index (χ1n) is 4.23. The minimum Gasteiger partial charge on any atom is -0.382 e. The molecule has 0 bridgehead atoms. The second-order valence-corrected chi connectivity index (χ2v) is 3.85. The molecule has 14 heavy (non-hydrogen) atoms. The van der Waals surface area contributed by atoms with Crippen LogP contribution >= 0.6 is 11.8 Å². The van der Waals surface area contributed by atoms with Gasteiger partial charge in [-0.3, -0.25) is 0 Å². The number of aromatic nitrogens is 4. The van der Waals surface area contributed by atoms with Crippen LogP contribution in [0.2, 0.25) is 0 Å². The molecule has 0 aliphatic rings. The Balaban J connectivity index is 2.42. The van der Waals surface area contributed by atoms with Crippen LogP contribution < -0.4 is 5.73 Å². The number of rotatable bonds is 3. The minimum absolute atomic E-state index is 0.443. The smallest absolute Gasteiger partial charge is 0.165 e. The van der Waals surface area contributed by atoms with Gasteiger partial charge in [0.25, 0.3) is 0 Å². The molecule has 0 spiro atoms. The van der Waals surface area contributed by atoms with E-state index in [1.54, 1.807) is 18.1 Å². The van der Waals surface area contributed by atoms with E-state index < -0.39 is 0 Å². The van der Waals surface area contributed by atoms with Crippen LogP contribution in [0.5, 0.6) is 0 Å². The maximum Gasteiger partial charge on any atom is 0.165 e. The number of thioether (sulfide) groups is 1. The molecule has 0 radical (unpaired) electrons. The summed E-state index contributed by atoms with van der Waals surface area (Å²) in [6.07, 6.45) is 5.29. The van der Waals surface area contributed by atoms with Gasteiger partial charge < -0.3 is 10.3 Å². The lowest BCUT2D eigenvalue weighted by Gasteiger charge is -2.00. The van der Waals surface area contributed by atoms with Crippen molar-refractivity contribution in [2.45, 2.75) is 6.54 Å². The van der Waals surface area contributed by atoms with Crippen molar-refractivity contribution in [2.24, 2.45) is 0 Å². The fourth-order valence-corrected chi connectivity index (χ4v) is 1.63. The zero-order valence-corrected chi connectivity index (χ0v) is 8.66. The molecular formula is C8H11N5S. The van der Waals surface area contributed by atoms with E-state index in [4.69, 9.17) is 5.73 Å². The lowest BCUT2D eigenvalue weighted by Crippen LogP contribution is -2.00. The van der Waals surface area contributed by atoms with Crippen LogP contribution in [-0.2, 0) is 6.54 Å². The third kappa shape index (κ3) is 1.52. The standard InChI is InChI=1S/C8H11N5S/c1-14-3-2-13-5-12-6-7(9)10-4-11-8(6)13/h4-5H,2-3H2,1H3,(H2,9,10,11). The number of aryl methyl sites for hydroxylation is 1. The normalized spacial score (nSPS) is 10.9. The van der Waals surface area contributed by atoms with Gasteiger partial charge in [-0.2, -0.15) is 11.8 Å². The number of nitrogen functional groups attached to an aromatic ring is 1. The molecule has 2 aromatic rings. The van der Waals surface area contributed by atoms with E-state index in [1.165, 1.54) is 6.33 Å². The highest BCUT2D eigenvalue weighted by Crippen LogP contribution is 2.14. The molecular weight excluding hydrogens is 198 g/mol. The summed E-state index contributed by atoms with van der Waals surface area (Å²) in [5, 5.41) is 0. The highest BCUT2D eigenvalue weighted by molar-refractivity contribution is 7.98. The Bertz CT molecular complexity index is 438. The van der Waals surface area contributed by atoms with Crippen molar-refractivity contribution in [3.8, 4) is 0 Å². The third-order valence-corrected chi connectivity index (χ3v) is 2.56. The van der Waals surface area contributed by atoms with Crippen LogP contribution in [0.1, 0.15) is 0 Å². The molecule has 0 saturated carbocycles. The monoisotopic (exact) mass is 209 g/mol. The molecule has 0 unspecified atom stereocenters. The number of nitrogens with two attached hydrogens (primary N) is 1. The fourth-order valence-electron chi connectivity index (χ4n) is 1.25. The van der Waals surface area contributed by atoms with Crippen LogP contribution in [0.4, 0.5) is 5.82 Å². The Morgan fingerprint density at radius 2 is 2.29 bits per heavy atom. The molecule has 6 heteroatoms. The maximum atomic E-state index is 5.67. The lowest BCUT2D eigenvalue weighted by molar-refractivity contribution is 0.787. The molecule has 2 N–H and O–H groups in total. The Morgan fingerprint density at radius 1 is 1.43 bits per heavy atom. The molecule has 74 valence electrons. The van der Waals surface area contributed by atoms with Gasteiger partial charge in [0.15, 0.2) is 11.5 Å². The van der Waals surface area contributed by atoms with Crippen molar-refractivity contribution in [2.75, 3.05) is 17.7 Å². The topological polar surface area (TPSA) is 69.6 Å². The summed E-state index contributed by atoms with van der Waals surface area (Å²) in [5.41, 5.74) is 7.17. The third-order valence-electron chi connectivity index (χ3n) is 1.97. The average molecular weight is 209 g/mol. The van der Waals surface area contributed by atoms with Crippen molar-refractivity contribution in [1.82, 2.24) is 19.5 Å². The first-order valence-corrected chi connectivity index (χ1v) is 5.62. The summed E-state index contributed by atoms with van der Waals surface area (Å²) >= 11 is 1.79. The molecule has 2 heterocycles. The maximum absolute atomic E-state index is 5.67. The molecule has 0 aliphatic heterocycles. The predicted octanol–water partition coefficient (Wildman–Crippen LogP) is 0.772. The van der Waals surface area contributed by atoms with E-state index in [1.807, 2.05) is 4.57 Å². The van der Waals surface area contributed by atoms with Gasteiger partial charge in [0.1, 0.15) is 11.8 Å². The second-order valence-electron chi connectivity index (χ2n) is 2.86. The number of nitrogens with zero attached hydrogens (tertiary/aromatic N) is 4. The Hall–Kier alpha value is -1.30. The molecule has 2 rings (SSSR count). The lowest BCUT2D eigenvalue weighted by atomic mass is 10.5. The van der Waals surface area contributed by atoms with E-state index in [2.05, 4.69) is 21.2 Å². The molecule has 0 saturated heterocycles. The first-order chi connectivity index (χ1) is 6.83. The van der Waals surface area contributed by atoms with E-state index in [-0.39, 0.29) is 0 Å². The van der Waals surface area contributed by atoms with Crippen molar-refractivity contribution < 1.29 is 0 Å². The summed E-state index contributed by atoms with van der Waals surface area (Å²) in [4.78, 5) is 12.2. The van der Waals surface area contributed by atoms with E-state index in [9.17, 15) is 0 Å². The highest BCUT2D eigenvalue weighted by atomic mass is 32.2. The van der Waals surface area contributed by atoms with Crippen LogP contribution in [-0.4, -0.2) is 31.5 Å². The van der Waals surface area contributed by atoms with Gasteiger partial charge in [-0.25, -0.2) is 15.0 Å². The minimum atomic E-state index is 0.443. The first kappa shape index (κ1) is 9.26. The van der Waals surface area contributed by atoms with Gasteiger partial charge in [0.2, 0.25) is 0 Å². The quantitative estimate of drug-likeness (QED) is 0.808. The van der Waals surface area contributed by atoms with E-state index in [0.29, 0.717) is 11.3 Å². The Morgan fingerprint density at radius 3 is 3.07 bits per heavy atom. The number of hydrogen-bond acceptors (Lipinski definition) is 5. The average Bonchev–Trinajstić information content (AvgIpc) is 2.60. The molecule has 0 atom stereocenters. The molecule has 2 aromatic heterocycles. The summed E-state index contributed by atoms with van der Waals surface area (Å²) in [5.74, 6) is 1.48. The number of imidazole rings is 1. The number of fused-ring (bicyclic) bond motifs is 1. The zero-order chi connectivity index (χ0) is 9.97. The molecule has 0 amide bonds. The molecule has 0 fully saturated rings. The van der Waals surface area contributed by atoms with Crippen LogP contribution in [0.3, 0.4) is 0 Å². The summed E-state index contributed by atoms with van der Waals surface area (Å²) in [6, 6.07) is 0. The van der Waals surface area contributed by atoms with Crippen molar-refractivity contribution >= 4 is 28.7 Å². The van der Waals surface area contributed by atoms with E-state index >= 15 is 0 Å². The van der Waals surface area contributed by atoms with Gasteiger partial charge in [-0.15, -0.1) is 0 Å². The molecule has 5 nitrogen and oxygen atoms in total. The van der Waals surface area contributed by atoms with Gasteiger partial charge >= 0.3 is 0 Å². The van der Waals surface area contributed by atoms with Crippen molar-refractivity contribution in [1.29, 1.82) is 0 Å². The van der Waals surface area contributed by atoms with Crippen molar-refractivity contribution in [3.05, 3.63) is 12.7 Å². The van der Waals surface area contributed by atoms with Crippen LogP contribution in [0, 0.1) is 0 Å². The van der Waals surface area contributed by atoms with Crippen molar-refractivity contribution in [3.63, 3.8) is 0 Å². The fraction of sp³-hybridized carbons (Fsp3) is 0.375. The molecule has 0 aromatic carbocycles. The summed E-state index contributed by atoms with van der Waals surface area (Å²) in [7, 11) is 0. The van der Waals surface area contributed by atoms with Crippen LogP contribution in [0.15, 0.2) is 12.7 Å². The van der Waals surface area contributed by atoms with Gasteiger partial charge in [0.05, 0.1) is 6.33 Å². The zero-order valence-electron chi connectivity index (χ0n) is 7.84. The summed E-state index contributed by atoms with van der Waals surface area (Å²) in [6.45, 7) is 0.897. The Labute approximate surface area is 85.7 Å². The number of hydrogen-bond donors (Lipinski definition) is 1. The Kier molecular flexibility index (Phi) is 2.53. The highest BCUT2D eigenvalue weighted by Gasteiger charge is 2.06. The second kappa shape index (κ2) is 3.83. The van der Waals surface area contributed by atoms with Gasteiger partial charge in [-0.1, -0.05) is 0 Å². The van der Waals surface area contributed by atoms with E-state index in [0.717, 1.165) is 17.9 Å². The summed E-state index contributed by atoms with van der Waals surface area (Å²) < 4.78 is 1.99. The van der Waals surface area contributed by atoms with Crippen LogP contribution in [0.25, 0.3) is 11.2 Å². The van der Waals surface area contributed by atoms with Gasteiger partial charge in [-0.05, 0) is 6.26 Å². The predicted molar refractivity (Wildman–Crippen MR) is 58.1 cm³/mol. The largest absolute Gasteiger partial charge is 0.382 e.